The van der Waals surface area contributed by atoms with Crippen LogP contribution in [0.15, 0.2) is 42.6 Å². The third-order valence-electron chi connectivity index (χ3n) is 4.54. The van der Waals surface area contributed by atoms with E-state index in [2.05, 4.69) is 21.3 Å². The van der Waals surface area contributed by atoms with Crippen molar-refractivity contribution in [2.45, 2.75) is 6.92 Å². The molecule has 0 aliphatic carbocycles. The van der Waals surface area contributed by atoms with Crippen LogP contribution in [0.4, 0.5) is 11.5 Å². The molecule has 0 bridgehead atoms. The summed E-state index contributed by atoms with van der Waals surface area (Å²) in [4.78, 5) is 19.3. The number of methoxy groups -OCH3 is 1. The van der Waals surface area contributed by atoms with Gasteiger partial charge in [0.25, 0.3) is 11.7 Å². The van der Waals surface area contributed by atoms with Crippen LogP contribution in [-0.4, -0.2) is 45.7 Å². The van der Waals surface area contributed by atoms with Gasteiger partial charge in [0.1, 0.15) is 31.9 Å². The summed E-state index contributed by atoms with van der Waals surface area (Å²) in [6, 6.07) is 11.9. The monoisotopic (exact) mass is 342 g/mol. The van der Waals surface area contributed by atoms with Gasteiger partial charge in [-0.05, 0) is 30.7 Å². The minimum absolute atomic E-state index is 0.0265. The van der Waals surface area contributed by atoms with Crippen molar-refractivity contribution in [2.75, 3.05) is 50.1 Å². The molecule has 132 valence electrons. The molecular weight excluding hydrogens is 316 g/mol. The van der Waals surface area contributed by atoms with Crippen LogP contribution in [0.2, 0.25) is 0 Å². The minimum atomic E-state index is 0.0265. The van der Waals surface area contributed by atoms with Crippen molar-refractivity contribution in [3.05, 3.63) is 48.2 Å². The number of aryl methyl sites for hydroxylation is 1. The second kappa shape index (κ2) is 7.98. The Balaban J connectivity index is 1.52. The zero-order valence-electron chi connectivity index (χ0n) is 14.8. The molecule has 0 radical (unpaired) electrons. The molecule has 0 saturated carbocycles. The molecule has 0 unspecified atom stereocenters. The molecule has 6 heteroatoms. The standard InChI is InChI=1S/C19H24N4O2/c1-15-6-7-17(25-2)16(13-15)21-19(24)14-22-9-11-23(12-10-22)18-5-3-4-8-20-18/h3-8,13H,9-12,14H2,1-2H3,(H,21,24)/p+2. The number of quaternary nitrogens is 1. The Morgan fingerprint density at radius 1 is 1.28 bits per heavy atom. The predicted octanol–water partition coefficient (Wildman–Crippen LogP) is 0.161. The van der Waals surface area contributed by atoms with Crippen LogP contribution in [0.25, 0.3) is 0 Å². The number of pyridine rings is 1. The molecule has 3 N–H and O–H groups in total. The number of H-pyrrole nitrogens is 1. The number of aromatic nitrogens is 1. The topological polar surface area (TPSA) is 60.1 Å². The van der Waals surface area contributed by atoms with E-state index in [1.165, 1.54) is 4.90 Å². The number of hydrogen-bond acceptors (Lipinski definition) is 3. The summed E-state index contributed by atoms with van der Waals surface area (Å²) in [6.07, 6.45) is 1.94. The molecule has 2 heterocycles. The summed E-state index contributed by atoms with van der Waals surface area (Å²) in [5.41, 5.74) is 1.83. The largest absolute Gasteiger partial charge is 0.495 e. The van der Waals surface area contributed by atoms with Crippen molar-refractivity contribution in [2.24, 2.45) is 0 Å². The van der Waals surface area contributed by atoms with Crippen molar-refractivity contribution in [3.63, 3.8) is 0 Å². The fourth-order valence-electron chi connectivity index (χ4n) is 3.16. The first kappa shape index (κ1) is 17.2. The van der Waals surface area contributed by atoms with Crippen molar-refractivity contribution in [1.29, 1.82) is 0 Å². The average Bonchev–Trinajstić information content (AvgIpc) is 2.63. The highest BCUT2D eigenvalue weighted by Gasteiger charge is 2.27. The number of aromatic amines is 1. The van der Waals surface area contributed by atoms with E-state index < -0.39 is 0 Å². The van der Waals surface area contributed by atoms with E-state index in [1.54, 1.807) is 7.11 Å². The van der Waals surface area contributed by atoms with E-state index in [0.717, 1.165) is 43.2 Å². The number of nitrogens with zero attached hydrogens (tertiary/aromatic N) is 1. The zero-order valence-corrected chi connectivity index (χ0v) is 14.8. The second-order valence-electron chi connectivity index (χ2n) is 6.41. The highest BCUT2D eigenvalue weighted by atomic mass is 16.5. The molecule has 3 rings (SSSR count). The molecular formula is C19H26N4O2+2. The van der Waals surface area contributed by atoms with Gasteiger partial charge < -0.3 is 15.0 Å². The number of nitrogens with one attached hydrogen (secondary N) is 3. The summed E-state index contributed by atoms with van der Waals surface area (Å²) in [6.45, 7) is 6.25. The summed E-state index contributed by atoms with van der Waals surface area (Å²) in [5.74, 6) is 1.85. The van der Waals surface area contributed by atoms with E-state index in [1.807, 2.05) is 43.5 Å². The number of ether oxygens (including phenoxy) is 1. The van der Waals surface area contributed by atoms with Gasteiger partial charge in [-0.25, -0.2) is 4.98 Å². The summed E-state index contributed by atoms with van der Waals surface area (Å²) in [7, 11) is 1.62. The maximum Gasteiger partial charge on any atom is 0.279 e. The molecule has 1 amide bonds. The molecule has 1 aromatic carbocycles. The van der Waals surface area contributed by atoms with Crippen molar-refractivity contribution in [1.82, 2.24) is 0 Å². The van der Waals surface area contributed by atoms with E-state index in [-0.39, 0.29) is 5.91 Å². The van der Waals surface area contributed by atoms with Crippen LogP contribution in [0, 0.1) is 6.92 Å². The number of benzene rings is 1. The van der Waals surface area contributed by atoms with Gasteiger partial charge in [0.05, 0.1) is 19.0 Å². The van der Waals surface area contributed by atoms with Crippen LogP contribution >= 0.6 is 0 Å². The Hall–Kier alpha value is -2.60. The lowest BCUT2D eigenvalue weighted by Crippen LogP contribution is -3.15. The zero-order chi connectivity index (χ0) is 17.6. The van der Waals surface area contributed by atoms with Gasteiger partial charge in [-0.15, -0.1) is 0 Å². The van der Waals surface area contributed by atoms with Gasteiger partial charge in [0, 0.05) is 6.07 Å². The Labute approximate surface area is 148 Å². The third-order valence-corrected chi connectivity index (χ3v) is 4.54. The minimum Gasteiger partial charge on any atom is -0.495 e. The maximum atomic E-state index is 12.4. The Morgan fingerprint density at radius 2 is 2.08 bits per heavy atom. The molecule has 1 aliphatic rings. The van der Waals surface area contributed by atoms with Gasteiger partial charge >= 0.3 is 0 Å². The van der Waals surface area contributed by atoms with Crippen molar-refractivity contribution < 1.29 is 19.4 Å². The van der Waals surface area contributed by atoms with Gasteiger partial charge in [-0.3, -0.25) is 9.69 Å². The summed E-state index contributed by atoms with van der Waals surface area (Å²) >= 11 is 0. The molecule has 1 aromatic heterocycles. The molecule has 25 heavy (non-hydrogen) atoms. The number of rotatable bonds is 5. The van der Waals surface area contributed by atoms with Gasteiger partial charge in [0.2, 0.25) is 0 Å². The quantitative estimate of drug-likeness (QED) is 0.814. The number of amides is 1. The first-order valence-corrected chi connectivity index (χ1v) is 8.65. The molecule has 1 fully saturated rings. The first-order chi connectivity index (χ1) is 12.2. The summed E-state index contributed by atoms with van der Waals surface area (Å²) in [5, 5.41) is 2.99. The number of piperazine rings is 1. The lowest BCUT2D eigenvalue weighted by Gasteiger charge is -2.27. The third kappa shape index (κ3) is 4.48. The van der Waals surface area contributed by atoms with Crippen molar-refractivity contribution >= 4 is 17.4 Å². The lowest BCUT2D eigenvalue weighted by atomic mass is 10.2. The summed E-state index contributed by atoms with van der Waals surface area (Å²) < 4.78 is 5.32. The van der Waals surface area contributed by atoms with Crippen LogP contribution < -0.4 is 24.8 Å². The molecule has 1 aliphatic heterocycles. The van der Waals surface area contributed by atoms with Gasteiger partial charge in [0.15, 0.2) is 6.54 Å². The highest BCUT2D eigenvalue weighted by molar-refractivity contribution is 5.93. The van der Waals surface area contributed by atoms with Gasteiger partial charge in [-0.2, -0.15) is 0 Å². The van der Waals surface area contributed by atoms with Crippen LogP contribution in [0.1, 0.15) is 5.56 Å². The SMILES string of the molecule is COc1ccc(C)cc1NC(=O)C[NH+]1CCN(c2cccc[nH+]2)CC1. The molecule has 6 nitrogen and oxygen atoms in total. The lowest BCUT2D eigenvalue weighted by molar-refractivity contribution is -0.892. The Bertz CT molecular complexity index is 713. The Kier molecular flexibility index (Phi) is 5.50. The number of carbonyl (C=O) groups excluding carboxylic acids is 1. The number of carbonyl (C=O) groups is 1. The fraction of sp³-hybridized carbons (Fsp3) is 0.368. The van der Waals surface area contributed by atoms with Crippen LogP contribution in [-0.2, 0) is 4.79 Å². The predicted molar refractivity (Wildman–Crippen MR) is 97.1 cm³/mol. The normalized spacial score (nSPS) is 15.0. The van der Waals surface area contributed by atoms with Crippen molar-refractivity contribution in [3.8, 4) is 5.75 Å². The smallest absolute Gasteiger partial charge is 0.279 e. The molecule has 2 aromatic rings. The maximum absolute atomic E-state index is 12.4. The molecule has 1 saturated heterocycles. The van der Waals surface area contributed by atoms with E-state index in [9.17, 15) is 4.79 Å². The fourth-order valence-corrected chi connectivity index (χ4v) is 3.16. The van der Waals surface area contributed by atoms with E-state index in [0.29, 0.717) is 12.3 Å². The van der Waals surface area contributed by atoms with E-state index >= 15 is 0 Å². The van der Waals surface area contributed by atoms with E-state index in [4.69, 9.17) is 4.74 Å². The first-order valence-electron chi connectivity index (χ1n) is 8.65. The number of anilines is 2. The number of hydrogen-bond donors (Lipinski definition) is 2. The van der Waals surface area contributed by atoms with Gasteiger partial charge in [-0.1, -0.05) is 12.1 Å². The van der Waals surface area contributed by atoms with Crippen LogP contribution in [0.5, 0.6) is 5.75 Å². The molecule has 0 spiro atoms. The molecule has 0 atom stereocenters. The van der Waals surface area contributed by atoms with Crippen LogP contribution in [0.3, 0.4) is 0 Å². The highest BCUT2D eigenvalue weighted by Crippen LogP contribution is 2.24. The Morgan fingerprint density at radius 3 is 2.76 bits per heavy atom. The average molecular weight is 342 g/mol. The second-order valence-corrected chi connectivity index (χ2v) is 6.41.